The zero-order chi connectivity index (χ0) is 24.9. The van der Waals surface area contributed by atoms with E-state index in [-0.39, 0.29) is 6.10 Å². The van der Waals surface area contributed by atoms with E-state index in [1.165, 1.54) is 0 Å². The van der Waals surface area contributed by atoms with E-state index >= 15 is 0 Å². The number of ether oxygens (including phenoxy) is 3. The van der Waals surface area contributed by atoms with Gasteiger partial charge in [-0.1, -0.05) is 6.07 Å². The minimum absolute atomic E-state index is 0.218. The number of piperazine rings is 1. The Balaban J connectivity index is 1.23. The van der Waals surface area contributed by atoms with E-state index in [1.807, 2.05) is 42.6 Å². The zero-order valence-electron chi connectivity index (χ0n) is 20.6. The number of anilines is 1. The number of nitrogens with zero attached hydrogens (tertiary/aromatic N) is 5. The summed E-state index contributed by atoms with van der Waals surface area (Å²) >= 11 is 0. The molecule has 3 aromatic heterocycles. The highest BCUT2D eigenvalue weighted by Gasteiger charge is 2.35. The molecule has 2 fully saturated rings. The summed E-state index contributed by atoms with van der Waals surface area (Å²) in [7, 11) is 1.63. The zero-order valence-corrected chi connectivity index (χ0v) is 20.6. The molecular weight excluding hydrogens is 472 g/mol. The first-order chi connectivity index (χ1) is 18.2. The van der Waals surface area contributed by atoms with Crippen LogP contribution in [0.3, 0.4) is 0 Å². The van der Waals surface area contributed by atoms with Gasteiger partial charge >= 0.3 is 0 Å². The topological polar surface area (TPSA) is 109 Å². The highest BCUT2D eigenvalue weighted by atomic mass is 16.6. The number of aliphatic hydroxyl groups excluding tert-OH is 1. The molecule has 7 rings (SSSR count). The van der Waals surface area contributed by atoms with E-state index in [9.17, 15) is 5.11 Å². The summed E-state index contributed by atoms with van der Waals surface area (Å²) in [6.07, 6.45) is 2.46. The molecule has 3 aliphatic heterocycles. The first-order valence-electron chi connectivity index (χ1n) is 12.6. The van der Waals surface area contributed by atoms with Crippen molar-refractivity contribution in [1.29, 1.82) is 0 Å². The number of hydrogen-bond donors (Lipinski definition) is 2. The predicted molar refractivity (Wildman–Crippen MR) is 138 cm³/mol. The minimum Gasteiger partial charge on any atom is -0.494 e. The smallest absolute Gasteiger partial charge is 0.170 e. The number of methoxy groups -OCH3 is 1. The van der Waals surface area contributed by atoms with Gasteiger partial charge in [-0.15, -0.1) is 0 Å². The summed E-state index contributed by atoms with van der Waals surface area (Å²) in [6, 6.07) is 12.2. The molecule has 190 valence electrons. The number of nitrogens with one attached hydrogen (secondary N) is 1. The van der Waals surface area contributed by atoms with Crippen LogP contribution in [-0.2, 0) is 0 Å². The minimum atomic E-state index is -0.218. The third-order valence-electron chi connectivity index (χ3n) is 7.48. The fourth-order valence-electron chi connectivity index (χ4n) is 5.68. The maximum atomic E-state index is 10.0. The molecule has 10 nitrogen and oxygen atoms in total. The quantitative estimate of drug-likeness (QED) is 0.437. The van der Waals surface area contributed by atoms with E-state index in [0.717, 1.165) is 66.3 Å². The van der Waals surface area contributed by atoms with E-state index in [4.69, 9.17) is 24.2 Å². The van der Waals surface area contributed by atoms with E-state index < -0.39 is 0 Å². The summed E-state index contributed by atoms with van der Waals surface area (Å²) in [6.45, 7) is 4.52. The average Bonchev–Trinajstić information content (AvgIpc) is 3.53. The van der Waals surface area contributed by atoms with Crippen molar-refractivity contribution in [2.45, 2.75) is 18.6 Å². The first-order valence-corrected chi connectivity index (χ1v) is 12.6. The lowest BCUT2D eigenvalue weighted by Gasteiger charge is -2.37. The summed E-state index contributed by atoms with van der Waals surface area (Å²) in [5.41, 5.74) is 4.59. The van der Waals surface area contributed by atoms with Crippen molar-refractivity contribution in [2.75, 3.05) is 51.4 Å². The van der Waals surface area contributed by atoms with Gasteiger partial charge in [-0.2, -0.15) is 5.10 Å². The summed E-state index contributed by atoms with van der Waals surface area (Å²) < 4.78 is 17.4. The molecule has 0 spiro atoms. The van der Waals surface area contributed by atoms with Crippen molar-refractivity contribution in [2.24, 2.45) is 0 Å². The Bertz CT molecular complexity index is 1460. The molecule has 6 heterocycles. The highest BCUT2D eigenvalue weighted by molar-refractivity contribution is 5.93. The highest BCUT2D eigenvalue weighted by Crippen LogP contribution is 2.43. The molecule has 37 heavy (non-hydrogen) atoms. The molecule has 0 saturated carbocycles. The lowest BCUT2D eigenvalue weighted by molar-refractivity contribution is 0.172. The van der Waals surface area contributed by atoms with E-state index in [1.54, 1.807) is 7.11 Å². The van der Waals surface area contributed by atoms with Crippen LogP contribution in [0, 0.1) is 0 Å². The lowest BCUT2D eigenvalue weighted by Crippen LogP contribution is -2.50. The number of H-pyrrole nitrogens is 1. The molecule has 2 saturated heterocycles. The summed E-state index contributed by atoms with van der Waals surface area (Å²) in [5.74, 6) is 2.93. The molecule has 1 aromatic carbocycles. The molecule has 2 N–H and O–H groups in total. The van der Waals surface area contributed by atoms with Crippen molar-refractivity contribution in [3.8, 4) is 39.8 Å². The Morgan fingerprint density at radius 3 is 2.86 bits per heavy atom. The monoisotopic (exact) mass is 500 g/mol. The van der Waals surface area contributed by atoms with Crippen LogP contribution in [0.2, 0.25) is 0 Å². The number of aromatic nitrogens is 4. The van der Waals surface area contributed by atoms with Gasteiger partial charge in [0.15, 0.2) is 11.5 Å². The second kappa shape index (κ2) is 8.89. The largest absolute Gasteiger partial charge is 0.494 e. The van der Waals surface area contributed by atoms with Crippen molar-refractivity contribution in [3.63, 3.8) is 0 Å². The molecule has 2 atom stereocenters. The molecule has 0 unspecified atom stereocenters. The molecule has 10 heteroatoms. The number of benzene rings is 1. The Morgan fingerprint density at radius 2 is 2.00 bits per heavy atom. The summed E-state index contributed by atoms with van der Waals surface area (Å²) in [4.78, 5) is 14.4. The van der Waals surface area contributed by atoms with Crippen LogP contribution < -0.4 is 19.1 Å². The third-order valence-corrected chi connectivity index (χ3v) is 7.48. The second-order valence-corrected chi connectivity index (χ2v) is 9.73. The van der Waals surface area contributed by atoms with Crippen LogP contribution in [0.25, 0.3) is 33.5 Å². The molecule has 4 aromatic rings. The lowest BCUT2D eigenvalue weighted by atomic mass is 10.1. The van der Waals surface area contributed by atoms with Crippen LogP contribution in [0.5, 0.6) is 17.2 Å². The number of rotatable bonds is 4. The fraction of sp³-hybridized carbons (Fsp3) is 0.370. The standard InChI is InChI=1S/C27H28N6O4/c1-35-22-12-20-26(29-25(22)19-3-2-4-21-27(19)37-10-9-36-21)24(31-30-20)16-5-6-23(28-13-16)33-8-7-32-15-18(34)11-17(32)14-33/h2-6,12-13,17-18,34H,7-11,14-15H2,1H3,(H,30,31)/t17-,18+/m0/s1. The van der Waals surface area contributed by atoms with Crippen molar-refractivity contribution in [3.05, 3.63) is 42.6 Å². The number of pyridine rings is 2. The van der Waals surface area contributed by atoms with Crippen molar-refractivity contribution >= 4 is 16.9 Å². The second-order valence-electron chi connectivity index (χ2n) is 9.73. The van der Waals surface area contributed by atoms with Gasteiger partial charge in [0.1, 0.15) is 41.7 Å². The first kappa shape index (κ1) is 22.3. The third kappa shape index (κ3) is 3.84. The van der Waals surface area contributed by atoms with Crippen LogP contribution in [-0.4, -0.2) is 88.8 Å². The van der Waals surface area contributed by atoms with Gasteiger partial charge in [0.25, 0.3) is 0 Å². The Hall–Kier alpha value is -3.89. The Labute approximate surface area is 213 Å². The number of hydrogen-bond acceptors (Lipinski definition) is 9. The average molecular weight is 501 g/mol. The predicted octanol–water partition coefficient (Wildman–Crippen LogP) is 2.72. The molecule has 3 aliphatic rings. The van der Waals surface area contributed by atoms with Gasteiger partial charge in [-0.3, -0.25) is 10.00 Å². The molecule has 0 aliphatic carbocycles. The number of aromatic amines is 1. The maximum absolute atomic E-state index is 10.0. The Kier molecular flexibility index (Phi) is 5.37. The van der Waals surface area contributed by atoms with E-state index in [2.05, 4.69) is 20.0 Å². The number of aliphatic hydroxyl groups is 1. The normalized spacial score (nSPS) is 21.3. The SMILES string of the molecule is COc1cc2[nH]nc(-c3ccc(N4CCN5C[C@H](O)C[C@H]5C4)nc3)c2nc1-c1cccc2c1OCCO2. The number of para-hydroxylation sites is 1. The van der Waals surface area contributed by atoms with Crippen LogP contribution in [0.15, 0.2) is 42.6 Å². The van der Waals surface area contributed by atoms with Gasteiger partial charge in [-0.25, -0.2) is 9.97 Å². The van der Waals surface area contributed by atoms with Gasteiger partial charge in [0.05, 0.1) is 18.7 Å². The van der Waals surface area contributed by atoms with Crippen molar-refractivity contribution < 1.29 is 19.3 Å². The van der Waals surface area contributed by atoms with Gasteiger partial charge in [0, 0.05) is 55.6 Å². The molecule has 0 amide bonds. The van der Waals surface area contributed by atoms with E-state index in [0.29, 0.717) is 42.2 Å². The Morgan fingerprint density at radius 1 is 1.08 bits per heavy atom. The van der Waals surface area contributed by atoms with Gasteiger partial charge in [-0.05, 0) is 30.7 Å². The summed E-state index contributed by atoms with van der Waals surface area (Å²) in [5, 5.41) is 17.7. The fourth-order valence-corrected chi connectivity index (χ4v) is 5.68. The molecular formula is C27H28N6O4. The van der Waals surface area contributed by atoms with Crippen molar-refractivity contribution in [1.82, 2.24) is 25.1 Å². The van der Waals surface area contributed by atoms with Gasteiger partial charge in [0.2, 0.25) is 0 Å². The van der Waals surface area contributed by atoms with Crippen LogP contribution >= 0.6 is 0 Å². The number of fused-ring (bicyclic) bond motifs is 3. The van der Waals surface area contributed by atoms with Crippen LogP contribution in [0.1, 0.15) is 6.42 Å². The molecule has 0 radical (unpaired) electrons. The van der Waals surface area contributed by atoms with Crippen LogP contribution in [0.4, 0.5) is 5.82 Å². The van der Waals surface area contributed by atoms with Gasteiger partial charge < -0.3 is 24.2 Å². The molecule has 0 bridgehead atoms. The maximum Gasteiger partial charge on any atom is 0.170 e.